The monoisotopic (exact) mass is 370 g/mol. The molecule has 2 aromatic carbocycles. The molecule has 2 heterocycles. The Balaban J connectivity index is 1.48. The van der Waals surface area contributed by atoms with Gasteiger partial charge in [0.25, 0.3) is 0 Å². The van der Waals surface area contributed by atoms with Crippen molar-refractivity contribution in [3.8, 4) is 23.0 Å². The Labute approximate surface area is 160 Å². The van der Waals surface area contributed by atoms with E-state index in [4.69, 9.17) is 23.7 Å². The minimum absolute atomic E-state index is 0.294. The third-order valence-electron chi connectivity index (χ3n) is 4.94. The van der Waals surface area contributed by atoms with Crippen molar-refractivity contribution in [1.29, 1.82) is 0 Å². The molecule has 0 unspecified atom stereocenters. The Kier molecular flexibility index (Phi) is 5.39. The summed E-state index contributed by atoms with van der Waals surface area (Å²) in [5.74, 6) is 3.29. The summed E-state index contributed by atoms with van der Waals surface area (Å²) >= 11 is 0. The third kappa shape index (κ3) is 3.83. The van der Waals surface area contributed by atoms with Gasteiger partial charge in [-0.2, -0.15) is 0 Å². The molecule has 0 amide bonds. The van der Waals surface area contributed by atoms with Crippen LogP contribution in [0.15, 0.2) is 24.3 Å². The maximum absolute atomic E-state index is 6.11. The first-order chi connectivity index (χ1) is 13.3. The second-order valence-electron chi connectivity index (χ2n) is 6.94. The van der Waals surface area contributed by atoms with Gasteiger partial charge in [0.1, 0.15) is 0 Å². The SMILES string of the molecule is CCCc1cc2c(cc1COCc1cc3c(cc1CCC)OCO3)OCO2. The van der Waals surface area contributed by atoms with E-state index in [1.54, 1.807) is 0 Å². The first-order valence-corrected chi connectivity index (χ1v) is 9.69. The molecule has 2 aliphatic rings. The molecule has 5 nitrogen and oxygen atoms in total. The summed E-state index contributed by atoms with van der Waals surface area (Å²) in [6.07, 6.45) is 4.16. The molecule has 2 aromatic rings. The van der Waals surface area contributed by atoms with E-state index in [1.807, 2.05) is 0 Å². The second-order valence-corrected chi connectivity index (χ2v) is 6.94. The van der Waals surface area contributed by atoms with Crippen LogP contribution in [0.4, 0.5) is 0 Å². The van der Waals surface area contributed by atoms with E-state index in [1.165, 1.54) is 22.3 Å². The van der Waals surface area contributed by atoms with E-state index in [-0.39, 0.29) is 0 Å². The highest BCUT2D eigenvalue weighted by atomic mass is 16.7. The van der Waals surface area contributed by atoms with E-state index in [0.29, 0.717) is 26.8 Å². The van der Waals surface area contributed by atoms with Crippen molar-refractivity contribution in [1.82, 2.24) is 0 Å². The highest BCUT2D eigenvalue weighted by Crippen LogP contribution is 2.37. The number of benzene rings is 2. The molecule has 0 saturated heterocycles. The van der Waals surface area contributed by atoms with Gasteiger partial charge in [0.2, 0.25) is 13.6 Å². The van der Waals surface area contributed by atoms with Crippen molar-refractivity contribution in [2.45, 2.75) is 52.7 Å². The summed E-state index contributed by atoms with van der Waals surface area (Å²) in [6.45, 7) is 6.04. The van der Waals surface area contributed by atoms with Crippen molar-refractivity contribution in [2.24, 2.45) is 0 Å². The standard InChI is InChI=1S/C22H26O5/c1-3-5-15-7-19-21(26-13-24-19)9-17(15)11-23-12-18-10-22-20(25-14-27-22)8-16(18)6-4-2/h7-10H,3-6,11-14H2,1-2H3. The van der Waals surface area contributed by atoms with Crippen LogP contribution >= 0.6 is 0 Å². The molecular weight excluding hydrogens is 344 g/mol. The molecule has 144 valence electrons. The lowest BCUT2D eigenvalue weighted by molar-refractivity contribution is 0.105. The number of rotatable bonds is 8. The van der Waals surface area contributed by atoms with E-state index in [0.717, 1.165) is 48.7 Å². The molecule has 0 bridgehead atoms. The zero-order valence-corrected chi connectivity index (χ0v) is 16.0. The molecular formula is C22H26O5. The fourth-order valence-electron chi connectivity index (χ4n) is 3.60. The van der Waals surface area contributed by atoms with Crippen molar-refractivity contribution >= 4 is 0 Å². The van der Waals surface area contributed by atoms with Gasteiger partial charge in [-0.3, -0.25) is 0 Å². The average Bonchev–Trinajstić information content (AvgIpc) is 3.30. The zero-order valence-electron chi connectivity index (χ0n) is 16.0. The van der Waals surface area contributed by atoms with Crippen LogP contribution in [0.5, 0.6) is 23.0 Å². The molecule has 0 N–H and O–H groups in total. The van der Waals surface area contributed by atoms with Gasteiger partial charge in [0, 0.05) is 0 Å². The largest absolute Gasteiger partial charge is 0.454 e. The Morgan fingerprint density at radius 2 is 1.00 bits per heavy atom. The van der Waals surface area contributed by atoms with Crippen molar-refractivity contribution in [2.75, 3.05) is 13.6 Å². The number of hydrogen-bond acceptors (Lipinski definition) is 5. The molecule has 0 radical (unpaired) electrons. The molecule has 0 fully saturated rings. The smallest absolute Gasteiger partial charge is 0.231 e. The zero-order chi connectivity index (χ0) is 18.6. The number of fused-ring (bicyclic) bond motifs is 2. The van der Waals surface area contributed by atoms with Gasteiger partial charge in [-0.15, -0.1) is 0 Å². The van der Waals surface area contributed by atoms with Crippen LogP contribution in [0.25, 0.3) is 0 Å². The second kappa shape index (κ2) is 8.09. The minimum atomic E-state index is 0.294. The van der Waals surface area contributed by atoms with Gasteiger partial charge in [-0.1, -0.05) is 26.7 Å². The molecule has 0 saturated carbocycles. The number of hydrogen-bond donors (Lipinski definition) is 0. The van der Waals surface area contributed by atoms with Gasteiger partial charge in [-0.25, -0.2) is 0 Å². The molecule has 0 aromatic heterocycles. The lowest BCUT2D eigenvalue weighted by Crippen LogP contribution is -2.02. The Hall–Kier alpha value is -2.40. The first-order valence-electron chi connectivity index (χ1n) is 9.69. The Bertz CT molecular complexity index is 747. The molecule has 5 heteroatoms. The average molecular weight is 370 g/mol. The summed E-state index contributed by atoms with van der Waals surface area (Å²) < 4.78 is 28.2. The van der Waals surface area contributed by atoms with E-state index in [9.17, 15) is 0 Å². The Morgan fingerprint density at radius 1 is 0.630 bits per heavy atom. The van der Waals surface area contributed by atoms with Crippen LogP contribution in [0.1, 0.15) is 48.9 Å². The van der Waals surface area contributed by atoms with Crippen LogP contribution in [0.3, 0.4) is 0 Å². The van der Waals surface area contributed by atoms with E-state index >= 15 is 0 Å². The molecule has 0 spiro atoms. The van der Waals surface area contributed by atoms with Crippen molar-refractivity contribution < 1.29 is 23.7 Å². The van der Waals surface area contributed by atoms with E-state index < -0.39 is 0 Å². The minimum Gasteiger partial charge on any atom is -0.454 e. The first kappa shape index (κ1) is 18.0. The molecule has 0 aliphatic carbocycles. The quantitative estimate of drug-likeness (QED) is 0.670. The van der Waals surface area contributed by atoms with Crippen molar-refractivity contribution in [3.05, 3.63) is 46.5 Å². The molecule has 2 aliphatic heterocycles. The van der Waals surface area contributed by atoms with Crippen molar-refractivity contribution in [3.63, 3.8) is 0 Å². The van der Waals surface area contributed by atoms with Crippen LogP contribution in [-0.4, -0.2) is 13.6 Å². The molecule has 0 atom stereocenters. The summed E-state index contributed by atoms with van der Waals surface area (Å²) in [6, 6.07) is 8.29. The lowest BCUT2D eigenvalue weighted by atomic mass is 10.0. The Morgan fingerprint density at radius 3 is 1.37 bits per heavy atom. The fourth-order valence-corrected chi connectivity index (χ4v) is 3.60. The normalized spacial score (nSPS) is 14.0. The predicted octanol–water partition coefficient (Wildman–Crippen LogP) is 4.77. The third-order valence-corrected chi connectivity index (χ3v) is 4.94. The van der Waals surface area contributed by atoms with Crippen LogP contribution in [0, 0.1) is 0 Å². The van der Waals surface area contributed by atoms with Crippen LogP contribution in [-0.2, 0) is 30.8 Å². The number of ether oxygens (including phenoxy) is 5. The molecule has 4 rings (SSSR count). The summed E-state index contributed by atoms with van der Waals surface area (Å²) in [7, 11) is 0. The van der Waals surface area contributed by atoms with Gasteiger partial charge in [0.15, 0.2) is 23.0 Å². The van der Waals surface area contributed by atoms with Crippen LogP contribution in [0.2, 0.25) is 0 Å². The van der Waals surface area contributed by atoms with Gasteiger partial charge in [-0.05, 0) is 59.4 Å². The topological polar surface area (TPSA) is 46.2 Å². The fraction of sp³-hybridized carbons (Fsp3) is 0.455. The number of aryl methyl sites for hydroxylation is 2. The van der Waals surface area contributed by atoms with Gasteiger partial charge < -0.3 is 23.7 Å². The summed E-state index contributed by atoms with van der Waals surface area (Å²) in [4.78, 5) is 0. The highest BCUT2D eigenvalue weighted by molar-refractivity contribution is 5.49. The van der Waals surface area contributed by atoms with Gasteiger partial charge in [0.05, 0.1) is 13.2 Å². The maximum Gasteiger partial charge on any atom is 0.231 e. The van der Waals surface area contributed by atoms with Gasteiger partial charge >= 0.3 is 0 Å². The van der Waals surface area contributed by atoms with E-state index in [2.05, 4.69) is 38.1 Å². The summed E-state index contributed by atoms with van der Waals surface area (Å²) in [5, 5.41) is 0. The maximum atomic E-state index is 6.11. The highest BCUT2D eigenvalue weighted by Gasteiger charge is 2.19. The van der Waals surface area contributed by atoms with Crippen LogP contribution < -0.4 is 18.9 Å². The lowest BCUT2D eigenvalue weighted by Gasteiger charge is -2.14. The molecule has 27 heavy (non-hydrogen) atoms. The predicted molar refractivity (Wildman–Crippen MR) is 102 cm³/mol. The summed E-state index contributed by atoms with van der Waals surface area (Å²) in [5.41, 5.74) is 4.86.